The molecule has 1 amide bonds. The number of carbonyl (C=O) groups is 1. The number of carbonyl (C=O) groups excluding carboxylic acids is 1. The van der Waals surface area contributed by atoms with Gasteiger partial charge in [0.25, 0.3) is 0 Å². The van der Waals surface area contributed by atoms with Gasteiger partial charge in [0, 0.05) is 11.8 Å². The minimum atomic E-state index is -3.10. The fraction of sp³-hybridized carbons (Fsp3) is 0.417. The van der Waals surface area contributed by atoms with Crippen molar-refractivity contribution in [1.82, 2.24) is 0 Å². The van der Waals surface area contributed by atoms with Crippen molar-refractivity contribution in [2.45, 2.75) is 32.4 Å². The van der Waals surface area contributed by atoms with Crippen LogP contribution in [0, 0.1) is 5.82 Å². The molecule has 0 aliphatic carbocycles. The van der Waals surface area contributed by atoms with Crippen molar-refractivity contribution in [2.75, 3.05) is 5.32 Å². The highest BCUT2D eigenvalue weighted by atomic mass is 19.3. The second-order valence-electron chi connectivity index (χ2n) is 3.91. The van der Waals surface area contributed by atoms with Gasteiger partial charge in [0.2, 0.25) is 5.91 Å². The Hall–Kier alpha value is -1.76. The zero-order valence-corrected chi connectivity index (χ0v) is 10.3. The maximum absolute atomic E-state index is 13.4. The van der Waals surface area contributed by atoms with Crippen molar-refractivity contribution < 1.29 is 22.7 Å². The normalized spacial score (nSPS) is 12.3. The molecule has 7 heteroatoms. The SMILES string of the molecule is CCCC(N)C(=O)Nc1ccc(OC(F)F)c(F)c1. The lowest BCUT2D eigenvalue weighted by atomic mass is 10.1. The third kappa shape index (κ3) is 4.78. The number of hydrogen-bond acceptors (Lipinski definition) is 3. The van der Waals surface area contributed by atoms with E-state index in [1.54, 1.807) is 0 Å². The second kappa shape index (κ2) is 6.98. The van der Waals surface area contributed by atoms with E-state index in [0.29, 0.717) is 6.42 Å². The summed E-state index contributed by atoms with van der Waals surface area (Å²) >= 11 is 0. The quantitative estimate of drug-likeness (QED) is 0.839. The Bertz CT molecular complexity index is 441. The van der Waals surface area contributed by atoms with Gasteiger partial charge < -0.3 is 15.8 Å². The number of ether oxygens (including phenoxy) is 1. The van der Waals surface area contributed by atoms with E-state index in [-0.39, 0.29) is 5.69 Å². The molecule has 106 valence electrons. The monoisotopic (exact) mass is 276 g/mol. The summed E-state index contributed by atoms with van der Waals surface area (Å²) in [6.07, 6.45) is 1.24. The number of halogens is 3. The van der Waals surface area contributed by atoms with Crippen molar-refractivity contribution in [3.63, 3.8) is 0 Å². The predicted molar refractivity (Wildman–Crippen MR) is 64.5 cm³/mol. The van der Waals surface area contributed by atoms with Crippen LogP contribution in [0.25, 0.3) is 0 Å². The summed E-state index contributed by atoms with van der Waals surface area (Å²) in [5.74, 6) is -2.02. The lowest BCUT2D eigenvalue weighted by Gasteiger charge is -2.12. The van der Waals surface area contributed by atoms with Crippen LogP contribution in [0.15, 0.2) is 18.2 Å². The molecule has 3 N–H and O–H groups in total. The number of alkyl halides is 2. The fourth-order valence-corrected chi connectivity index (χ4v) is 1.45. The maximum atomic E-state index is 13.4. The Morgan fingerprint density at radius 3 is 2.68 bits per heavy atom. The first-order valence-electron chi connectivity index (χ1n) is 5.74. The molecule has 0 fully saturated rings. The van der Waals surface area contributed by atoms with E-state index in [4.69, 9.17) is 5.73 Å². The first-order valence-corrected chi connectivity index (χ1v) is 5.74. The molecule has 1 aromatic carbocycles. The number of rotatable bonds is 6. The molecule has 0 aromatic heterocycles. The molecule has 0 bridgehead atoms. The molecule has 1 rings (SSSR count). The summed E-state index contributed by atoms with van der Waals surface area (Å²) in [6.45, 7) is -1.23. The van der Waals surface area contributed by atoms with Crippen LogP contribution in [0.1, 0.15) is 19.8 Å². The van der Waals surface area contributed by atoms with Gasteiger partial charge >= 0.3 is 6.61 Å². The highest BCUT2D eigenvalue weighted by Crippen LogP contribution is 2.22. The summed E-state index contributed by atoms with van der Waals surface area (Å²) in [6, 6.07) is 2.48. The number of benzene rings is 1. The molecule has 0 saturated heterocycles. The van der Waals surface area contributed by atoms with Crippen LogP contribution in [0.2, 0.25) is 0 Å². The summed E-state index contributed by atoms with van der Waals surface area (Å²) in [7, 11) is 0. The molecular weight excluding hydrogens is 261 g/mol. The molecule has 1 atom stereocenters. The number of anilines is 1. The van der Waals surface area contributed by atoms with Crippen LogP contribution in [-0.2, 0) is 4.79 Å². The van der Waals surface area contributed by atoms with Crippen molar-refractivity contribution in [2.24, 2.45) is 5.73 Å². The highest BCUT2D eigenvalue weighted by molar-refractivity contribution is 5.94. The van der Waals surface area contributed by atoms with E-state index in [0.717, 1.165) is 18.6 Å². The summed E-state index contributed by atoms with van der Waals surface area (Å²) in [5.41, 5.74) is 5.71. The second-order valence-corrected chi connectivity index (χ2v) is 3.91. The van der Waals surface area contributed by atoms with Gasteiger partial charge in [-0.2, -0.15) is 8.78 Å². The first kappa shape index (κ1) is 15.3. The van der Waals surface area contributed by atoms with E-state index >= 15 is 0 Å². The van der Waals surface area contributed by atoms with Crippen LogP contribution in [0.4, 0.5) is 18.9 Å². The van der Waals surface area contributed by atoms with Crippen molar-refractivity contribution in [1.29, 1.82) is 0 Å². The fourth-order valence-electron chi connectivity index (χ4n) is 1.45. The van der Waals surface area contributed by atoms with Gasteiger partial charge in [0.1, 0.15) is 0 Å². The van der Waals surface area contributed by atoms with Crippen LogP contribution in [0.3, 0.4) is 0 Å². The molecule has 0 saturated carbocycles. The van der Waals surface area contributed by atoms with E-state index in [1.807, 2.05) is 6.92 Å². The summed E-state index contributed by atoms with van der Waals surface area (Å²) in [5, 5.41) is 2.40. The third-order valence-corrected chi connectivity index (χ3v) is 2.35. The summed E-state index contributed by atoms with van der Waals surface area (Å²) in [4.78, 5) is 11.6. The average Bonchev–Trinajstić information content (AvgIpc) is 2.32. The van der Waals surface area contributed by atoms with Gasteiger partial charge in [0.15, 0.2) is 11.6 Å². The Kier molecular flexibility index (Phi) is 5.62. The zero-order valence-electron chi connectivity index (χ0n) is 10.3. The number of nitrogens with two attached hydrogens (primary N) is 1. The third-order valence-electron chi connectivity index (χ3n) is 2.35. The van der Waals surface area contributed by atoms with Crippen molar-refractivity contribution in [3.05, 3.63) is 24.0 Å². The van der Waals surface area contributed by atoms with Gasteiger partial charge in [-0.1, -0.05) is 13.3 Å². The van der Waals surface area contributed by atoms with Gasteiger partial charge in [-0.25, -0.2) is 4.39 Å². The van der Waals surface area contributed by atoms with Gasteiger partial charge in [-0.3, -0.25) is 4.79 Å². The molecule has 0 spiro atoms. The molecule has 0 aliphatic heterocycles. The lowest BCUT2D eigenvalue weighted by Crippen LogP contribution is -2.35. The van der Waals surface area contributed by atoms with Crippen LogP contribution >= 0.6 is 0 Å². The number of nitrogens with one attached hydrogen (secondary N) is 1. The predicted octanol–water partition coefficient (Wildman–Crippen LogP) is 2.49. The molecule has 1 unspecified atom stereocenters. The van der Waals surface area contributed by atoms with Crippen molar-refractivity contribution >= 4 is 11.6 Å². The molecule has 1 aromatic rings. The maximum Gasteiger partial charge on any atom is 0.387 e. The standard InChI is InChI=1S/C12H15F3N2O2/c1-2-3-9(16)11(18)17-7-4-5-10(8(13)6-7)19-12(14)15/h4-6,9,12H,2-3,16H2,1H3,(H,17,18). The van der Waals surface area contributed by atoms with E-state index < -0.39 is 30.1 Å². The zero-order chi connectivity index (χ0) is 14.4. The molecule has 0 heterocycles. The number of amides is 1. The van der Waals surface area contributed by atoms with Gasteiger partial charge in [-0.15, -0.1) is 0 Å². The van der Waals surface area contributed by atoms with Crippen LogP contribution in [-0.4, -0.2) is 18.6 Å². The topological polar surface area (TPSA) is 64.4 Å². The van der Waals surface area contributed by atoms with Crippen molar-refractivity contribution in [3.8, 4) is 5.75 Å². The van der Waals surface area contributed by atoms with E-state index in [2.05, 4.69) is 10.1 Å². The Morgan fingerprint density at radius 2 is 2.16 bits per heavy atom. The first-order chi connectivity index (χ1) is 8.93. The smallest absolute Gasteiger partial charge is 0.387 e. The Morgan fingerprint density at radius 1 is 1.47 bits per heavy atom. The van der Waals surface area contributed by atoms with Gasteiger partial charge in [-0.05, 0) is 18.6 Å². The molecular formula is C12H15F3N2O2. The largest absolute Gasteiger partial charge is 0.432 e. The van der Waals surface area contributed by atoms with E-state index in [1.165, 1.54) is 6.07 Å². The van der Waals surface area contributed by atoms with Gasteiger partial charge in [0.05, 0.1) is 6.04 Å². The van der Waals surface area contributed by atoms with Crippen LogP contribution < -0.4 is 15.8 Å². The Balaban J connectivity index is 2.70. The van der Waals surface area contributed by atoms with E-state index in [9.17, 15) is 18.0 Å². The minimum absolute atomic E-state index is 0.135. The number of hydrogen-bond donors (Lipinski definition) is 2. The lowest BCUT2D eigenvalue weighted by molar-refractivity contribution is -0.117. The Labute approximate surface area is 108 Å². The summed E-state index contributed by atoms with van der Waals surface area (Å²) < 4.78 is 41.2. The molecule has 4 nitrogen and oxygen atoms in total. The molecule has 19 heavy (non-hydrogen) atoms. The highest BCUT2D eigenvalue weighted by Gasteiger charge is 2.14. The molecule has 0 radical (unpaired) electrons. The average molecular weight is 276 g/mol. The minimum Gasteiger partial charge on any atom is -0.432 e. The molecule has 0 aliphatic rings. The van der Waals surface area contributed by atoms with Crippen LogP contribution in [0.5, 0.6) is 5.75 Å².